The van der Waals surface area contributed by atoms with Crippen molar-refractivity contribution in [2.24, 2.45) is 5.84 Å². The van der Waals surface area contributed by atoms with E-state index in [1.54, 1.807) is 17.0 Å². The summed E-state index contributed by atoms with van der Waals surface area (Å²) in [6.45, 7) is 9.13. The van der Waals surface area contributed by atoms with E-state index in [1.165, 1.54) is 11.3 Å². The minimum absolute atomic E-state index is 0.0828. The molecule has 1 aromatic heterocycles. The van der Waals surface area contributed by atoms with Gasteiger partial charge in [-0.3, -0.25) is 4.79 Å². The Balaban J connectivity index is 1.77. The fourth-order valence-electron chi connectivity index (χ4n) is 3.19. The van der Waals surface area contributed by atoms with Crippen LogP contribution in [0.4, 0.5) is 15.5 Å². The van der Waals surface area contributed by atoms with Gasteiger partial charge >= 0.3 is 6.09 Å². The van der Waals surface area contributed by atoms with Crippen LogP contribution in [0.15, 0.2) is 34.2 Å². The number of thiazole rings is 1. The lowest BCUT2D eigenvalue weighted by atomic mass is 10.2. The van der Waals surface area contributed by atoms with Crippen LogP contribution in [0, 0.1) is 0 Å². The molecule has 0 bridgehead atoms. The lowest BCUT2D eigenvalue weighted by Crippen LogP contribution is -2.55. The fraction of sp³-hybridized carbons (Fsp3) is 0.450. The molecule has 2 heterocycles. The van der Waals surface area contributed by atoms with Crippen LogP contribution in [0.1, 0.15) is 38.2 Å². The van der Waals surface area contributed by atoms with Crippen LogP contribution in [0.3, 0.4) is 0 Å². The van der Waals surface area contributed by atoms with E-state index in [0.717, 1.165) is 10.0 Å². The molecule has 0 saturated carbocycles. The van der Waals surface area contributed by atoms with Crippen LogP contribution in [0.25, 0.3) is 0 Å². The molecule has 2 aromatic rings. The summed E-state index contributed by atoms with van der Waals surface area (Å²) >= 11 is 4.77. The molecular weight excluding hydrogens is 470 g/mol. The Hall–Kier alpha value is -2.17. The standard InChI is InChI=1S/C20H26BrN5O3S/c1-13-12-24(10-11-25(13)19(28)29-20(2,3)4)17-15(23-18(21)30-17)16(27)26(22)14-8-6-5-7-9-14/h5-9,13H,10-12,22H2,1-4H3. The maximum absolute atomic E-state index is 13.0. The number of nitrogens with two attached hydrogens (primary N) is 1. The number of hydrogen-bond donors (Lipinski definition) is 1. The summed E-state index contributed by atoms with van der Waals surface area (Å²) in [4.78, 5) is 33.7. The Kier molecular flexibility index (Phi) is 6.68. The quantitative estimate of drug-likeness (QED) is 0.394. The first-order valence-corrected chi connectivity index (χ1v) is 11.2. The summed E-state index contributed by atoms with van der Waals surface area (Å²) in [5.74, 6) is 5.68. The highest BCUT2D eigenvalue weighted by molar-refractivity contribution is 9.11. The Bertz CT molecular complexity index is 915. The summed E-state index contributed by atoms with van der Waals surface area (Å²) in [5, 5.41) is 1.83. The molecular formula is C20H26BrN5O3S. The number of hydrazine groups is 1. The molecule has 1 unspecified atom stereocenters. The van der Waals surface area contributed by atoms with Crippen LogP contribution in [-0.4, -0.2) is 53.2 Å². The summed E-state index contributed by atoms with van der Waals surface area (Å²) < 4.78 is 6.11. The number of halogens is 1. The van der Waals surface area contributed by atoms with E-state index in [4.69, 9.17) is 10.6 Å². The number of para-hydroxylation sites is 1. The van der Waals surface area contributed by atoms with E-state index in [2.05, 4.69) is 25.8 Å². The van der Waals surface area contributed by atoms with Crippen molar-refractivity contribution in [3.8, 4) is 0 Å². The predicted molar refractivity (Wildman–Crippen MR) is 122 cm³/mol. The molecule has 162 valence electrons. The lowest BCUT2D eigenvalue weighted by molar-refractivity contribution is 0.0159. The number of piperazine rings is 1. The van der Waals surface area contributed by atoms with E-state index in [9.17, 15) is 9.59 Å². The lowest BCUT2D eigenvalue weighted by Gasteiger charge is -2.40. The van der Waals surface area contributed by atoms with Crippen molar-refractivity contribution >= 4 is 50.0 Å². The monoisotopic (exact) mass is 495 g/mol. The molecule has 2 N–H and O–H groups in total. The van der Waals surface area contributed by atoms with Gasteiger partial charge in [0.2, 0.25) is 0 Å². The molecule has 1 saturated heterocycles. The van der Waals surface area contributed by atoms with Crippen LogP contribution in [0.5, 0.6) is 0 Å². The van der Waals surface area contributed by atoms with Crippen molar-refractivity contribution < 1.29 is 14.3 Å². The van der Waals surface area contributed by atoms with Crippen LogP contribution < -0.4 is 15.8 Å². The number of nitrogens with zero attached hydrogens (tertiary/aromatic N) is 4. The largest absolute Gasteiger partial charge is 0.444 e. The zero-order chi connectivity index (χ0) is 22.1. The number of rotatable bonds is 3. The number of benzene rings is 1. The second-order valence-electron chi connectivity index (χ2n) is 8.10. The summed E-state index contributed by atoms with van der Waals surface area (Å²) in [6, 6.07) is 8.94. The number of ether oxygens (including phenoxy) is 1. The van der Waals surface area contributed by atoms with Crippen molar-refractivity contribution in [1.29, 1.82) is 0 Å². The molecule has 1 aromatic carbocycles. The molecule has 30 heavy (non-hydrogen) atoms. The first-order chi connectivity index (χ1) is 14.1. The second-order valence-corrected chi connectivity index (χ2v) is 10.4. The maximum Gasteiger partial charge on any atom is 0.410 e. The number of anilines is 2. The molecule has 1 aliphatic rings. The van der Waals surface area contributed by atoms with Gasteiger partial charge in [0.05, 0.1) is 5.69 Å². The van der Waals surface area contributed by atoms with Gasteiger partial charge in [-0.25, -0.2) is 20.6 Å². The van der Waals surface area contributed by atoms with Crippen molar-refractivity contribution in [3.05, 3.63) is 39.9 Å². The first-order valence-electron chi connectivity index (χ1n) is 9.62. The van der Waals surface area contributed by atoms with Gasteiger partial charge in [-0.05, 0) is 55.8 Å². The average Bonchev–Trinajstić information content (AvgIpc) is 3.07. The predicted octanol–water partition coefficient (Wildman–Crippen LogP) is 3.87. The number of amides is 2. The number of carbonyl (C=O) groups excluding carboxylic acids is 2. The van der Waals surface area contributed by atoms with Crippen molar-refractivity contribution in [2.75, 3.05) is 29.5 Å². The minimum Gasteiger partial charge on any atom is -0.444 e. The van der Waals surface area contributed by atoms with Crippen LogP contribution in [0.2, 0.25) is 0 Å². The normalized spacial score (nSPS) is 17.1. The van der Waals surface area contributed by atoms with Gasteiger partial charge in [-0.1, -0.05) is 29.5 Å². The summed E-state index contributed by atoms with van der Waals surface area (Å²) in [5.41, 5.74) is 0.329. The van der Waals surface area contributed by atoms with Crippen molar-refractivity contribution in [1.82, 2.24) is 9.88 Å². The summed E-state index contributed by atoms with van der Waals surface area (Å²) in [6.07, 6.45) is -0.325. The Morgan fingerprint density at radius 2 is 1.93 bits per heavy atom. The molecule has 1 aliphatic heterocycles. The zero-order valence-electron chi connectivity index (χ0n) is 17.5. The van der Waals surface area contributed by atoms with E-state index in [0.29, 0.717) is 29.2 Å². The van der Waals surface area contributed by atoms with E-state index < -0.39 is 5.60 Å². The molecule has 0 spiro atoms. The van der Waals surface area contributed by atoms with Gasteiger partial charge in [0.25, 0.3) is 5.91 Å². The topological polar surface area (TPSA) is 92.0 Å². The SMILES string of the molecule is CC1CN(c2sc(Br)nc2C(=O)N(N)c2ccccc2)CCN1C(=O)OC(C)(C)C. The van der Waals surface area contributed by atoms with E-state index >= 15 is 0 Å². The van der Waals surface area contributed by atoms with Gasteiger partial charge in [-0.15, -0.1) is 0 Å². The third-order valence-corrected chi connectivity index (χ3v) is 6.15. The Morgan fingerprint density at radius 1 is 1.27 bits per heavy atom. The van der Waals surface area contributed by atoms with Gasteiger partial charge in [0, 0.05) is 25.7 Å². The van der Waals surface area contributed by atoms with E-state index in [1.807, 2.05) is 45.9 Å². The highest BCUT2D eigenvalue weighted by atomic mass is 79.9. The smallest absolute Gasteiger partial charge is 0.410 e. The number of carbonyl (C=O) groups is 2. The Morgan fingerprint density at radius 3 is 2.53 bits per heavy atom. The molecule has 8 nitrogen and oxygen atoms in total. The first kappa shape index (κ1) is 22.5. The molecule has 1 atom stereocenters. The van der Waals surface area contributed by atoms with Gasteiger partial charge < -0.3 is 14.5 Å². The average molecular weight is 496 g/mol. The van der Waals surface area contributed by atoms with Gasteiger partial charge in [0.1, 0.15) is 10.6 Å². The molecule has 1 fully saturated rings. The summed E-state index contributed by atoms with van der Waals surface area (Å²) in [7, 11) is 0. The Labute approximate surface area is 188 Å². The third-order valence-electron chi connectivity index (χ3n) is 4.58. The molecule has 3 rings (SSSR count). The van der Waals surface area contributed by atoms with E-state index in [-0.39, 0.29) is 23.7 Å². The van der Waals surface area contributed by atoms with Gasteiger partial charge in [0.15, 0.2) is 9.61 Å². The number of hydrogen-bond acceptors (Lipinski definition) is 7. The zero-order valence-corrected chi connectivity index (χ0v) is 19.9. The molecule has 2 amide bonds. The van der Waals surface area contributed by atoms with Crippen LogP contribution >= 0.6 is 27.3 Å². The van der Waals surface area contributed by atoms with Crippen molar-refractivity contribution in [2.45, 2.75) is 39.3 Å². The second kappa shape index (κ2) is 8.91. The maximum atomic E-state index is 13.0. The minimum atomic E-state index is -0.544. The molecule has 0 aliphatic carbocycles. The van der Waals surface area contributed by atoms with Crippen LogP contribution in [-0.2, 0) is 4.74 Å². The van der Waals surface area contributed by atoms with Crippen molar-refractivity contribution in [3.63, 3.8) is 0 Å². The molecule has 10 heteroatoms. The highest BCUT2D eigenvalue weighted by Gasteiger charge is 2.34. The fourth-order valence-corrected chi connectivity index (χ4v) is 4.65. The highest BCUT2D eigenvalue weighted by Crippen LogP contribution is 2.34. The molecule has 0 radical (unpaired) electrons. The van der Waals surface area contributed by atoms with Gasteiger partial charge in [-0.2, -0.15) is 0 Å². The number of aromatic nitrogens is 1. The third kappa shape index (κ3) is 5.11.